The van der Waals surface area contributed by atoms with Gasteiger partial charge in [-0.15, -0.1) is 0 Å². The van der Waals surface area contributed by atoms with Crippen molar-refractivity contribution < 1.29 is 23.1 Å². The molecule has 20 heavy (non-hydrogen) atoms. The monoisotopic (exact) mass is 298 g/mol. The predicted octanol–water partition coefficient (Wildman–Crippen LogP) is 0.578. The number of rotatable bonds is 5. The molecule has 0 saturated carbocycles. The molecule has 0 aliphatic heterocycles. The van der Waals surface area contributed by atoms with Crippen LogP contribution >= 0.6 is 0 Å². The molecule has 0 bridgehead atoms. The minimum Gasteiger partial charge on any atom is -0.480 e. The summed E-state index contributed by atoms with van der Waals surface area (Å²) in [5, 5.41) is 8.52. The Labute approximate surface area is 115 Å². The molecule has 1 N–H and O–H groups in total. The van der Waals surface area contributed by atoms with Gasteiger partial charge in [0.15, 0.2) is 9.84 Å². The van der Waals surface area contributed by atoms with Crippen molar-refractivity contribution in [3.8, 4) is 0 Å². The molecular weight excluding hydrogens is 284 g/mol. The van der Waals surface area contributed by atoms with Crippen molar-refractivity contribution in [2.45, 2.75) is 11.5 Å². The van der Waals surface area contributed by atoms with Gasteiger partial charge in [-0.05, 0) is 12.1 Å². The lowest BCUT2D eigenvalue weighted by atomic mass is 10.3. The summed E-state index contributed by atoms with van der Waals surface area (Å²) in [7, 11) is -1.65. The van der Waals surface area contributed by atoms with Crippen molar-refractivity contribution in [3.63, 3.8) is 0 Å². The molecule has 0 radical (unpaired) electrons. The van der Waals surface area contributed by atoms with Crippen molar-refractivity contribution in [1.82, 2.24) is 9.55 Å². The van der Waals surface area contributed by atoms with Gasteiger partial charge in [-0.3, -0.25) is 0 Å². The maximum atomic E-state index is 11.7. The summed E-state index contributed by atoms with van der Waals surface area (Å²) in [5.41, 5.74) is 1.02. The second-order valence-corrected chi connectivity index (χ2v) is 6.35. The standard InChI is InChI=1S/C12H14N2O5S/c1-14-8-4-3-5-9(20(2,17)18)12(8)13-10(14)6-19-7-11(15)16/h3-5H,6-7H2,1-2H3,(H,15,16). The van der Waals surface area contributed by atoms with E-state index in [1.807, 2.05) is 0 Å². The Bertz CT molecular complexity index is 763. The quantitative estimate of drug-likeness (QED) is 0.867. The summed E-state index contributed by atoms with van der Waals surface area (Å²) >= 11 is 0. The SMILES string of the molecule is Cn1c(COCC(=O)O)nc2c(S(C)(=O)=O)cccc21. The van der Waals surface area contributed by atoms with Gasteiger partial charge in [0.1, 0.15) is 24.6 Å². The van der Waals surface area contributed by atoms with Gasteiger partial charge in [0.25, 0.3) is 0 Å². The van der Waals surface area contributed by atoms with Crippen molar-refractivity contribution in [3.05, 3.63) is 24.0 Å². The van der Waals surface area contributed by atoms with Gasteiger partial charge in [0.2, 0.25) is 0 Å². The average molecular weight is 298 g/mol. The normalized spacial score (nSPS) is 11.9. The zero-order chi connectivity index (χ0) is 14.9. The molecule has 0 spiro atoms. The molecule has 1 aromatic heterocycles. The summed E-state index contributed by atoms with van der Waals surface area (Å²) < 4.78 is 30.1. The predicted molar refractivity (Wildman–Crippen MR) is 71.1 cm³/mol. The first-order chi connectivity index (χ1) is 9.30. The van der Waals surface area contributed by atoms with Gasteiger partial charge in [0, 0.05) is 13.3 Å². The van der Waals surface area contributed by atoms with Crippen molar-refractivity contribution >= 4 is 26.8 Å². The Morgan fingerprint density at radius 3 is 2.75 bits per heavy atom. The van der Waals surface area contributed by atoms with Crippen LogP contribution in [0.2, 0.25) is 0 Å². The highest BCUT2D eigenvalue weighted by Gasteiger charge is 2.17. The largest absolute Gasteiger partial charge is 0.480 e. The number of para-hydroxylation sites is 1. The number of aliphatic carboxylic acids is 1. The second-order valence-electron chi connectivity index (χ2n) is 4.37. The first-order valence-electron chi connectivity index (χ1n) is 5.74. The van der Waals surface area contributed by atoms with Crippen LogP contribution < -0.4 is 0 Å². The number of carboxylic acids is 1. The fourth-order valence-corrected chi connectivity index (χ4v) is 2.72. The van der Waals surface area contributed by atoms with Crippen LogP contribution in [0.15, 0.2) is 23.1 Å². The third-order valence-corrected chi connectivity index (χ3v) is 3.95. The minimum atomic E-state index is -3.38. The van der Waals surface area contributed by atoms with E-state index in [1.165, 1.54) is 6.07 Å². The smallest absolute Gasteiger partial charge is 0.329 e. The molecule has 7 nitrogen and oxygen atoms in total. The van der Waals surface area contributed by atoms with E-state index in [0.29, 0.717) is 16.9 Å². The fraction of sp³-hybridized carbons (Fsp3) is 0.333. The summed E-state index contributed by atoms with van der Waals surface area (Å²) in [5.74, 6) is -0.599. The first kappa shape index (κ1) is 14.5. The summed E-state index contributed by atoms with van der Waals surface area (Å²) in [6.45, 7) is -0.428. The number of carboxylic acid groups (broad SMARTS) is 1. The number of nitrogens with zero attached hydrogens (tertiary/aromatic N) is 2. The molecule has 8 heteroatoms. The van der Waals surface area contributed by atoms with Crippen molar-refractivity contribution in [1.29, 1.82) is 0 Å². The Balaban J connectivity index is 2.44. The maximum absolute atomic E-state index is 11.7. The van der Waals surface area contributed by atoms with Crippen LogP contribution in [0.1, 0.15) is 5.82 Å². The van der Waals surface area contributed by atoms with Gasteiger partial charge in [-0.2, -0.15) is 0 Å². The minimum absolute atomic E-state index is 0.000676. The van der Waals surface area contributed by atoms with Crippen LogP contribution in [-0.4, -0.2) is 41.9 Å². The van der Waals surface area contributed by atoms with Crippen LogP contribution in [0.5, 0.6) is 0 Å². The summed E-state index contributed by atoms with van der Waals surface area (Å²) in [4.78, 5) is 14.8. The number of hydrogen-bond donors (Lipinski definition) is 1. The number of carbonyl (C=O) groups is 1. The molecule has 0 aliphatic rings. The lowest BCUT2D eigenvalue weighted by Crippen LogP contribution is -2.09. The van der Waals surface area contributed by atoms with Crippen LogP contribution in [-0.2, 0) is 33.0 Å². The van der Waals surface area contributed by atoms with Crippen LogP contribution in [0.4, 0.5) is 0 Å². The molecule has 0 unspecified atom stereocenters. The number of sulfone groups is 1. The Kier molecular flexibility index (Phi) is 3.78. The summed E-state index contributed by atoms with van der Waals surface area (Å²) in [6, 6.07) is 4.88. The number of benzene rings is 1. The zero-order valence-electron chi connectivity index (χ0n) is 11.0. The van der Waals surface area contributed by atoms with Gasteiger partial charge in [-0.25, -0.2) is 18.2 Å². The molecule has 2 aromatic rings. The van der Waals surface area contributed by atoms with Gasteiger partial charge in [-0.1, -0.05) is 6.07 Å². The van der Waals surface area contributed by atoms with Gasteiger partial charge >= 0.3 is 5.97 Å². The molecule has 0 fully saturated rings. The second kappa shape index (κ2) is 5.22. The lowest BCUT2D eigenvalue weighted by Gasteiger charge is -2.02. The third kappa shape index (κ3) is 2.81. The number of aromatic nitrogens is 2. The lowest BCUT2D eigenvalue weighted by molar-refractivity contribution is -0.142. The average Bonchev–Trinajstić information content (AvgIpc) is 2.65. The van der Waals surface area contributed by atoms with Gasteiger partial charge < -0.3 is 14.4 Å². The molecule has 0 amide bonds. The number of imidazole rings is 1. The van der Waals surface area contributed by atoms with Crippen LogP contribution in [0.3, 0.4) is 0 Å². The maximum Gasteiger partial charge on any atom is 0.329 e. The number of aryl methyl sites for hydroxylation is 1. The van der Waals surface area contributed by atoms with E-state index < -0.39 is 22.4 Å². The van der Waals surface area contributed by atoms with E-state index in [0.717, 1.165) is 6.26 Å². The van der Waals surface area contributed by atoms with E-state index in [-0.39, 0.29) is 11.5 Å². The van der Waals surface area contributed by atoms with E-state index in [4.69, 9.17) is 9.84 Å². The fourth-order valence-electron chi connectivity index (χ4n) is 1.89. The molecule has 108 valence electrons. The van der Waals surface area contributed by atoms with E-state index in [9.17, 15) is 13.2 Å². The highest BCUT2D eigenvalue weighted by Crippen LogP contribution is 2.23. The first-order valence-corrected chi connectivity index (χ1v) is 7.63. The number of hydrogen-bond acceptors (Lipinski definition) is 5. The molecule has 2 rings (SSSR count). The molecule has 0 saturated heterocycles. The third-order valence-electron chi connectivity index (χ3n) is 2.82. The number of ether oxygens (including phenoxy) is 1. The van der Waals surface area contributed by atoms with E-state index in [2.05, 4.69) is 4.98 Å². The van der Waals surface area contributed by atoms with Crippen LogP contribution in [0.25, 0.3) is 11.0 Å². The van der Waals surface area contributed by atoms with Crippen LogP contribution in [0, 0.1) is 0 Å². The Hall–Kier alpha value is -1.93. The summed E-state index contributed by atoms with van der Waals surface area (Å²) in [6.07, 6.45) is 1.12. The molecule has 1 aromatic carbocycles. The van der Waals surface area contributed by atoms with E-state index >= 15 is 0 Å². The van der Waals surface area contributed by atoms with Crippen molar-refractivity contribution in [2.24, 2.45) is 7.05 Å². The Morgan fingerprint density at radius 2 is 2.15 bits per heavy atom. The molecule has 1 heterocycles. The highest BCUT2D eigenvalue weighted by molar-refractivity contribution is 7.91. The topological polar surface area (TPSA) is 98.5 Å². The van der Waals surface area contributed by atoms with Gasteiger partial charge in [0.05, 0.1) is 10.4 Å². The highest BCUT2D eigenvalue weighted by atomic mass is 32.2. The van der Waals surface area contributed by atoms with E-state index in [1.54, 1.807) is 23.7 Å². The molecule has 0 aliphatic carbocycles. The van der Waals surface area contributed by atoms with Crippen molar-refractivity contribution in [2.75, 3.05) is 12.9 Å². The zero-order valence-corrected chi connectivity index (χ0v) is 11.8. The molecular formula is C12H14N2O5S. The number of fused-ring (bicyclic) bond motifs is 1. The Morgan fingerprint density at radius 1 is 1.45 bits per heavy atom. The molecule has 0 atom stereocenters.